The summed E-state index contributed by atoms with van der Waals surface area (Å²) >= 11 is 0. The summed E-state index contributed by atoms with van der Waals surface area (Å²) < 4.78 is 0. The standard InChI is InChI=1S/CHN.CN/c2*1-2/h1H;/q;-1/p+1. The molecule has 0 amide bonds. The van der Waals surface area contributed by atoms with Gasteiger partial charge in [0.1, 0.15) is 0 Å². The average molecular weight is 54.1 g/mol. The van der Waals surface area contributed by atoms with E-state index in [0.717, 1.165) is 0 Å². The molecule has 0 aliphatic carbocycles. The Morgan fingerprint density at radius 2 is 1.50 bits per heavy atom. The fourth-order valence-corrected chi connectivity index (χ4v) is 0. The van der Waals surface area contributed by atoms with E-state index in [0.29, 0.717) is 0 Å². The Hall–Kier alpha value is -1.02. The van der Waals surface area contributed by atoms with Gasteiger partial charge >= 0.3 is 1.43 Å². The Labute approximate surface area is 26.4 Å². The topological polar surface area (TPSA) is 47.6 Å². The molecule has 2 nitrogen and oxygen atoms in total. The predicted octanol–water partition coefficient (Wildman–Crippen LogP) is 0.349. The Morgan fingerprint density at radius 3 is 1.50 bits per heavy atom. The minimum atomic E-state index is 0. The largest absolute Gasteiger partial charge is 1.00 e. The molecule has 0 rings (SSSR count). The zero-order chi connectivity index (χ0) is 4.00. The second-order valence-electron chi connectivity index (χ2n) is 0. The van der Waals surface area contributed by atoms with Crippen LogP contribution in [0, 0.1) is 23.7 Å². The second kappa shape index (κ2) is 1.83. The van der Waals surface area contributed by atoms with Crippen LogP contribution in [0.3, 0.4) is 0 Å². The fourth-order valence-electron chi connectivity index (χ4n) is 0. The molecule has 0 aromatic rings. The summed E-state index contributed by atoms with van der Waals surface area (Å²) in [4.78, 5) is 0. The molecular weight excluding hydrogens is 52.0 g/mol. The number of hydrogen-bond acceptors (Lipinski definition) is 2. The summed E-state index contributed by atoms with van der Waals surface area (Å²) in [5, 5.41) is 12.8. The molecule has 0 aromatic heterocycles. The van der Waals surface area contributed by atoms with Gasteiger partial charge in [-0.25, -0.2) is 5.26 Å². The molecule has 0 bridgehead atoms. The van der Waals surface area contributed by atoms with Crippen LogP contribution < -0.4 is 0 Å². The van der Waals surface area contributed by atoms with E-state index in [1.165, 1.54) is 0 Å². The van der Waals surface area contributed by atoms with Crippen LogP contribution in [0.2, 0.25) is 0 Å². The average Bonchev–Trinajstić information content (AvgIpc) is 1.50. The van der Waals surface area contributed by atoms with Crippen LogP contribution in [0.25, 0.3) is 0 Å². The summed E-state index contributed by atoms with van der Waals surface area (Å²) in [6, 6.07) is 0. The lowest BCUT2D eigenvalue weighted by atomic mass is 11.9. The molecule has 0 aliphatic rings. The van der Waals surface area contributed by atoms with Crippen molar-refractivity contribution in [3.05, 3.63) is 6.57 Å². The van der Waals surface area contributed by atoms with Crippen LogP contribution in [-0.4, -0.2) is 0 Å². The summed E-state index contributed by atoms with van der Waals surface area (Å²) in [5.74, 6) is 0. The monoisotopic (exact) mass is 54.0 g/mol. The molecule has 0 saturated carbocycles. The first-order valence-corrected chi connectivity index (χ1v) is 0.482. The molecule has 0 aliphatic heterocycles. The normalized spacial score (nSPS) is 1.00. The molecule has 20 valence electrons. The van der Waals surface area contributed by atoms with Gasteiger partial charge < -0.3 is 11.8 Å². The lowest BCUT2D eigenvalue weighted by Gasteiger charge is -1.08. The molecule has 4 heavy (non-hydrogen) atoms. The lowest BCUT2D eigenvalue weighted by Crippen LogP contribution is -0.569. The maximum atomic E-state index is 6.50. The van der Waals surface area contributed by atoms with Gasteiger partial charge in [-0.3, -0.25) is 0 Å². The Morgan fingerprint density at radius 1 is 1.50 bits per heavy atom. The molecule has 0 fully saturated rings. The van der Waals surface area contributed by atoms with Gasteiger partial charge in [-0.2, -0.15) is 0 Å². The van der Waals surface area contributed by atoms with E-state index in [-0.39, 0.29) is 1.43 Å². The van der Waals surface area contributed by atoms with E-state index in [2.05, 4.69) is 6.57 Å². The van der Waals surface area contributed by atoms with Gasteiger partial charge in [-0.15, -0.1) is 0 Å². The van der Waals surface area contributed by atoms with Gasteiger partial charge in [-0.05, 0) is 0 Å². The third-order valence-corrected chi connectivity index (χ3v) is 0. The lowest BCUT2D eigenvalue weighted by molar-refractivity contribution is 1.53. The second-order valence-corrected chi connectivity index (χ2v) is 0. The van der Waals surface area contributed by atoms with Crippen LogP contribution in [0.5, 0.6) is 0 Å². The Balaban J connectivity index is -0.0000000133. The maximum Gasteiger partial charge on any atom is 1.00 e. The van der Waals surface area contributed by atoms with E-state index in [9.17, 15) is 0 Å². The highest BCUT2D eigenvalue weighted by atomic mass is 14.2. The third kappa shape index (κ3) is 0.000377. The van der Waals surface area contributed by atoms with Crippen molar-refractivity contribution in [1.29, 1.82) is 10.5 Å². The van der Waals surface area contributed by atoms with Gasteiger partial charge in [0.25, 0.3) is 0 Å². The predicted molar refractivity (Wildman–Crippen MR) is 12.8 cm³/mol. The van der Waals surface area contributed by atoms with Crippen LogP contribution in [0.1, 0.15) is 1.43 Å². The van der Waals surface area contributed by atoms with Gasteiger partial charge in [0, 0.05) is 6.57 Å². The van der Waals surface area contributed by atoms with E-state index in [1.54, 1.807) is 0 Å². The number of hydrogen-bond donors (Lipinski definition) is 0. The van der Waals surface area contributed by atoms with Gasteiger partial charge in [0.05, 0.1) is 0 Å². The number of nitriles is 1. The Kier molecular flexibility index (Phi) is 5.56. The first-order chi connectivity index (χ1) is 2.00. The van der Waals surface area contributed by atoms with Crippen LogP contribution in [-0.2, 0) is 0 Å². The van der Waals surface area contributed by atoms with E-state index < -0.39 is 0 Å². The highest BCUT2D eigenvalue weighted by molar-refractivity contribution is 4.03. The van der Waals surface area contributed by atoms with Crippen molar-refractivity contribution in [3.8, 4) is 6.57 Å². The quantitative estimate of drug-likeness (QED) is 0.374. The number of nitrogens with zero attached hydrogens (tertiary/aromatic N) is 2. The summed E-state index contributed by atoms with van der Waals surface area (Å²) in [5.41, 5.74) is 0. The first kappa shape index (κ1) is 12.2. The molecule has 0 unspecified atom stereocenters. The van der Waals surface area contributed by atoms with Crippen molar-refractivity contribution in [2.45, 2.75) is 0 Å². The summed E-state index contributed by atoms with van der Waals surface area (Å²) in [6.07, 6.45) is 0. The van der Waals surface area contributed by atoms with Gasteiger partial charge in [0.2, 0.25) is 0 Å². The van der Waals surface area contributed by atoms with Crippen LogP contribution in [0.15, 0.2) is 0 Å². The molecule has 0 saturated heterocycles. The van der Waals surface area contributed by atoms with Crippen LogP contribution >= 0.6 is 0 Å². The Bertz CT molecular complexity index is 23.1. The fraction of sp³-hybridized carbons (Fsp3) is 0. The highest BCUT2D eigenvalue weighted by Gasteiger charge is 0.513. The first-order valence-electron chi connectivity index (χ1n) is 0.482. The van der Waals surface area contributed by atoms with Crippen molar-refractivity contribution in [3.63, 3.8) is 0 Å². The van der Waals surface area contributed by atoms with Crippen molar-refractivity contribution in [2.24, 2.45) is 0 Å². The van der Waals surface area contributed by atoms with Crippen molar-refractivity contribution < 1.29 is 1.43 Å². The minimum absolute atomic E-state index is 0. The number of rotatable bonds is 0. The van der Waals surface area contributed by atoms with Crippen molar-refractivity contribution in [1.82, 2.24) is 0 Å². The van der Waals surface area contributed by atoms with Gasteiger partial charge in [0.15, 0.2) is 0 Å². The third-order valence-electron chi connectivity index (χ3n) is 0. The minimum Gasteiger partial charge on any atom is -0.512 e. The van der Waals surface area contributed by atoms with E-state index >= 15 is 0 Å². The molecule has 0 radical (unpaired) electrons. The zero-order valence-electron chi connectivity index (χ0n) is 2.97. The van der Waals surface area contributed by atoms with E-state index in [1.807, 2.05) is 0 Å². The molecule has 0 N–H and O–H groups in total. The molecule has 2 heteroatoms. The summed E-state index contributed by atoms with van der Waals surface area (Å²) in [7, 11) is 0. The molecule has 0 heterocycles. The maximum absolute atomic E-state index is 6.50. The van der Waals surface area contributed by atoms with Crippen molar-refractivity contribution >= 4 is 0 Å². The molecular formula is C2H2N2. The summed E-state index contributed by atoms with van der Waals surface area (Å²) in [6.45, 7) is 8.25. The van der Waals surface area contributed by atoms with E-state index in [4.69, 9.17) is 17.1 Å². The molecule has 0 spiro atoms. The van der Waals surface area contributed by atoms with Gasteiger partial charge in [-0.1, -0.05) is 0 Å². The van der Waals surface area contributed by atoms with Crippen LogP contribution in [0.4, 0.5) is 0 Å². The molecule has 0 aromatic carbocycles. The smallest absolute Gasteiger partial charge is 0.512 e. The molecule has 0 atom stereocenters. The zero-order valence-corrected chi connectivity index (χ0v) is 1.97. The highest BCUT2D eigenvalue weighted by Crippen LogP contribution is 0.627. The SMILES string of the molecule is C#N.[C-]#N.[H+]. The van der Waals surface area contributed by atoms with Crippen molar-refractivity contribution in [2.75, 3.05) is 0 Å².